The molecule has 4 heteroatoms. The summed E-state index contributed by atoms with van der Waals surface area (Å²) in [4.78, 5) is 21.3. The van der Waals surface area contributed by atoms with E-state index in [1.54, 1.807) is 0 Å². The van der Waals surface area contributed by atoms with Crippen LogP contribution in [-0.4, -0.2) is 23.7 Å². The highest BCUT2D eigenvalue weighted by molar-refractivity contribution is 5.95. The maximum atomic E-state index is 10.8. The number of hydrogen-bond donors (Lipinski definition) is 1. The lowest BCUT2D eigenvalue weighted by atomic mass is 9.93. The number of carbonyl (C=O) groups excluding carboxylic acids is 1. The topological polar surface area (TPSA) is 63.6 Å². The van der Waals surface area contributed by atoms with E-state index in [0.29, 0.717) is 6.42 Å². The van der Waals surface area contributed by atoms with Gasteiger partial charge in [0.1, 0.15) is 0 Å². The summed E-state index contributed by atoms with van der Waals surface area (Å²) in [6.07, 6.45) is 0.669. The van der Waals surface area contributed by atoms with E-state index in [0.717, 1.165) is 0 Å². The maximum Gasteiger partial charge on any atom is 0.320 e. The molecule has 1 fully saturated rings. The number of carbonyl (C=O) groups is 2. The molecule has 62 valence electrons. The van der Waals surface area contributed by atoms with Crippen molar-refractivity contribution in [1.82, 2.24) is 0 Å². The van der Waals surface area contributed by atoms with Crippen molar-refractivity contribution in [3.05, 3.63) is 0 Å². The van der Waals surface area contributed by atoms with Crippen molar-refractivity contribution in [2.24, 2.45) is 11.8 Å². The van der Waals surface area contributed by atoms with Crippen LogP contribution in [0.4, 0.5) is 0 Å². The molecule has 0 amide bonds. The second kappa shape index (κ2) is 2.90. The molecule has 0 radical (unpaired) electrons. The molecule has 1 aliphatic heterocycles. The largest absolute Gasteiger partial charge is 0.481 e. The van der Waals surface area contributed by atoms with Gasteiger partial charge in [-0.05, 0) is 6.42 Å². The van der Waals surface area contributed by atoms with Crippen LogP contribution in [0, 0.1) is 11.8 Å². The highest BCUT2D eigenvalue weighted by Gasteiger charge is 2.41. The molecule has 1 aliphatic rings. The average Bonchev–Trinajstić information content (AvgIpc) is 2.30. The number of hydrogen-bond acceptors (Lipinski definition) is 3. The van der Waals surface area contributed by atoms with Crippen LogP contribution in [0.5, 0.6) is 0 Å². The van der Waals surface area contributed by atoms with E-state index >= 15 is 0 Å². The van der Waals surface area contributed by atoms with Gasteiger partial charge < -0.3 is 9.84 Å². The second-order valence-electron chi connectivity index (χ2n) is 2.61. The van der Waals surface area contributed by atoms with Crippen LogP contribution >= 0.6 is 0 Å². The van der Waals surface area contributed by atoms with Gasteiger partial charge in [-0.25, -0.2) is 0 Å². The van der Waals surface area contributed by atoms with Crippen LogP contribution in [0.3, 0.4) is 0 Å². The number of carboxylic acids is 1. The van der Waals surface area contributed by atoms with Gasteiger partial charge in [0.15, 0.2) is 5.92 Å². The first-order valence-corrected chi connectivity index (χ1v) is 3.56. The van der Waals surface area contributed by atoms with Crippen LogP contribution in [-0.2, 0) is 14.3 Å². The molecule has 1 saturated heterocycles. The zero-order chi connectivity index (χ0) is 8.43. The van der Waals surface area contributed by atoms with Crippen molar-refractivity contribution < 1.29 is 19.4 Å². The van der Waals surface area contributed by atoms with Crippen LogP contribution in [0.15, 0.2) is 0 Å². The summed E-state index contributed by atoms with van der Waals surface area (Å²) in [5.41, 5.74) is 0. The average molecular weight is 158 g/mol. The van der Waals surface area contributed by atoms with Crippen molar-refractivity contribution in [1.29, 1.82) is 0 Å². The summed E-state index contributed by atoms with van der Waals surface area (Å²) in [7, 11) is 0. The van der Waals surface area contributed by atoms with Crippen LogP contribution in [0.25, 0.3) is 0 Å². The van der Waals surface area contributed by atoms with Gasteiger partial charge in [-0.2, -0.15) is 0 Å². The summed E-state index contributed by atoms with van der Waals surface area (Å²) in [5.74, 6) is -2.73. The quantitative estimate of drug-likeness (QED) is 0.462. The number of aliphatic carboxylic acids is 1. The minimum Gasteiger partial charge on any atom is -0.481 e. The first kappa shape index (κ1) is 8.04. The molecule has 1 rings (SSSR count). The Morgan fingerprint density at radius 3 is 2.82 bits per heavy atom. The Bertz CT molecular complexity index is 187. The molecular weight excluding hydrogens is 148 g/mol. The first-order chi connectivity index (χ1) is 5.16. The molecule has 4 nitrogen and oxygen atoms in total. The third-order valence-electron chi connectivity index (χ3n) is 1.96. The van der Waals surface area contributed by atoms with E-state index in [2.05, 4.69) is 4.74 Å². The Balaban J connectivity index is 2.71. The van der Waals surface area contributed by atoms with E-state index in [1.165, 1.54) is 0 Å². The van der Waals surface area contributed by atoms with Gasteiger partial charge >= 0.3 is 11.9 Å². The minimum absolute atomic E-state index is 0.139. The molecule has 0 aromatic heterocycles. The monoisotopic (exact) mass is 158 g/mol. The highest BCUT2D eigenvalue weighted by atomic mass is 16.5. The van der Waals surface area contributed by atoms with E-state index in [1.807, 2.05) is 6.92 Å². The fourth-order valence-electron chi connectivity index (χ4n) is 1.22. The van der Waals surface area contributed by atoms with Gasteiger partial charge in [0.2, 0.25) is 0 Å². The Morgan fingerprint density at radius 2 is 2.45 bits per heavy atom. The molecule has 0 spiro atoms. The number of rotatable bonds is 2. The molecule has 2 atom stereocenters. The van der Waals surface area contributed by atoms with Crippen molar-refractivity contribution in [2.75, 3.05) is 6.61 Å². The van der Waals surface area contributed by atoms with Crippen LogP contribution in [0.1, 0.15) is 13.3 Å². The Labute approximate surface area is 64.2 Å². The minimum atomic E-state index is -1.07. The fraction of sp³-hybridized carbons (Fsp3) is 0.714. The fourth-order valence-corrected chi connectivity index (χ4v) is 1.22. The summed E-state index contributed by atoms with van der Waals surface area (Å²) in [5, 5.41) is 8.58. The normalized spacial score (nSPS) is 30.1. The smallest absolute Gasteiger partial charge is 0.320 e. The summed E-state index contributed by atoms with van der Waals surface area (Å²) in [6.45, 7) is 2.11. The molecule has 0 aliphatic carbocycles. The third-order valence-corrected chi connectivity index (χ3v) is 1.96. The zero-order valence-electron chi connectivity index (χ0n) is 6.24. The molecular formula is C7H10O4. The summed E-state index contributed by atoms with van der Waals surface area (Å²) in [6, 6.07) is 0. The zero-order valence-corrected chi connectivity index (χ0v) is 6.24. The van der Waals surface area contributed by atoms with Gasteiger partial charge in [0, 0.05) is 5.92 Å². The lowest BCUT2D eigenvalue weighted by molar-refractivity contribution is -0.152. The van der Waals surface area contributed by atoms with Crippen molar-refractivity contribution in [3.8, 4) is 0 Å². The van der Waals surface area contributed by atoms with Gasteiger partial charge in [0.25, 0.3) is 0 Å². The predicted molar refractivity (Wildman–Crippen MR) is 35.9 cm³/mol. The van der Waals surface area contributed by atoms with Crippen LogP contribution < -0.4 is 0 Å². The Hall–Kier alpha value is -1.06. The van der Waals surface area contributed by atoms with Crippen molar-refractivity contribution in [3.63, 3.8) is 0 Å². The molecule has 0 saturated carbocycles. The Morgan fingerprint density at radius 1 is 1.82 bits per heavy atom. The lowest BCUT2D eigenvalue weighted by Gasteiger charge is -2.06. The van der Waals surface area contributed by atoms with Gasteiger partial charge in [-0.15, -0.1) is 0 Å². The molecule has 2 unspecified atom stereocenters. The number of carboxylic acid groups (broad SMARTS) is 1. The van der Waals surface area contributed by atoms with Gasteiger partial charge in [-0.1, -0.05) is 6.92 Å². The van der Waals surface area contributed by atoms with E-state index in [9.17, 15) is 9.59 Å². The van der Waals surface area contributed by atoms with E-state index in [-0.39, 0.29) is 12.5 Å². The number of cyclic esters (lactones) is 1. The molecule has 0 aromatic carbocycles. The highest BCUT2D eigenvalue weighted by Crippen LogP contribution is 2.24. The SMILES string of the molecule is CCC1COC(=O)C1C(=O)O. The molecule has 11 heavy (non-hydrogen) atoms. The molecule has 0 aromatic rings. The summed E-state index contributed by atoms with van der Waals surface area (Å²) >= 11 is 0. The molecule has 1 heterocycles. The first-order valence-electron chi connectivity index (χ1n) is 3.56. The summed E-state index contributed by atoms with van der Waals surface area (Å²) < 4.78 is 4.61. The van der Waals surface area contributed by atoms with Gasteiger partial charge in [-0.3, -0.25) is 9.59 Å². The second-order valence-corrected chi connectivity index (χ2v) is 2.61. The standard InChI is InChI=1S/C7H10O4/c1-2-4-3-11-7(10)5(4)6(8)9/h4-5H,2-3H2,1H3,(H,8,9). The maximum absolute atomic E-state index is 10.8. The Kier molecular flexibility index (Phi) is 2.12. The van der Waals surface area contributed by atoms with Crippen LogP contribution in [0.2, 0.25) is 0 Å². The molecule has 1 N–H and O–H groups in total. The van der Waals surface area contributed by atoms with E-state index in [4.69, 9.17) is 5.11 Å². The van der Waals surface area contributed by atoms with Crippen molar-refractivity contribution >= 4 is 11.9 Å². The number of esters is 1. The van der Waals surface area contributed by atoms with E-state index < -0.39 is 17.9 Å². The van der Waals surface area contributed by atoms with Crippen molar-refractivity contribution in [2.45, 2.75) is 13.3 Å². The number of ether oxygens (including phenoxy) is 1. The van der Waals surface area contributed by atoms with Gasteiger partial charge in [0.05, 0.1) is 6.61 Å². The predicted octanol–water partition coefficient (Wildman–Crippen LogP) is 0.270. The lowest BCUT2D eigenvalue weighted by Crippen LogP contribution is -2.24. The molecule has 0 bridgehead atoms. The third kappa shape index (κ3) is 1.34.